The standard InChI is InChI=1S/C25H22N2O6/c1-31-16-12-10-15(11-13-16)22(28)20-21(17-7-6-8-18(32-2)24(17)33-3)27(25(30)23(20)29)19-9-4-5-14-26-19/h4-14,21,28H,1-3H3/t21-/m0/s1. The van der Waals surface area contributed by atoms with Gasteiger partial charge in [-0.3, -0.25) is 14.5 Å². The summed E-state index contributed by atoms with van der Waals surface area (Å²) in [6.07, 6.45) is 1.53. The Balaban J connectivity index is 1.99. The van der Waals surface area contributed by atoms with E-state index in [2.05, 4.69) is 4.98 Å². The minimum atomic E-state index is -0.993. The van der Waals surface area contributed by atoms with Crippen molar-refractivity contribution in [2.45, 2.75) is 6.04 Å². The molecule has 1 aromatic heterocycles. The summed E-state index contributed by atoms with van der Waals surface area (Å²) in [4.78, 5) is 31.9. The van der Waals surface area contributed by atoms with Crippen molar-refractivity contribution in [3.8, 4) is 17.2 Å². The van der Waals surface area contributed by atoms with Gasteiger partial charge in [0.25, 0.3) is 5.78 Å². The molecule has 2 aromatic carbocycles. The molecule has 0 saturated carbocycles. The molecule has 1 aliphatic heterocycles. The van der Waals surface area contributed by atoms with Crippen LogP contribution < -0.4 is 19.1 Å². The maximum atomic E-state index is 13.2. The number of amides is 1. The number of rotatable bonds is 6. The molecule has 1 amide bonds. The molecule has 33 heavy (non-hydrogen) atoms. The summed E-state index contributed by atoms with van der Waals surface area (Å²) in [6.45, 7) is 0. The van der Waals surface area contributed by atoms with E-state index in [0.29, 0.717) is 28.4 Å². The van der Waals surface area contributed by atoms with E-state index >= 15 is 0 Å². The number of para-hydroxylation sites is 1. The Hall–Kier alpha value is -4.33. The molecule has 0 spiro atoms. The van der Waals surface area contributed by atoms with E-state index in [4.69, 9.17) is 14.2 Å². The van der Waals surface area contributed by atoms with Crippen molar-refractivity contribution in [1.29, 1.82) is 0 Å². The van der Waals surface area contributed by atoms with Crippen LogP contribution in [0.1, 0.15) is 17.2 Å². The topological polar surface area (TPSA) is 98.2 Å². The monoisotopic (exact) mass is 446 g/mol. The average Bonchev–Trinajstić information content (AvgIpc) is 3.13. The van der Waals surface area contributed by atoms with Gasteiger partial charge >= 0.3 is 5.91 Å². The lowest BCUT2D eigenvalue weighted by atomic mass is 9.94. The number of aliphatic hydroxyl groups is 1. The van der Waals surface area contributed by atoms with Gasteiger partial charge in [-0.1, -0.05) is 18.2 Å². The fourth-order valence-electron chi connectivity index (χ4n) is 3.89. The molecule has 1 fully saturated rings. The number of hydrogen-bond donors (Lipinski definition) is 1. The predicted molar refractivity (Wildman–Crippen MR) is 122 cm³/mol. The van der Waals surface area contributed by atoms with Gasteiger partial charge < -0.3 is 19.3 Å². The summed E-state index contributed by atoms with van der Waals surface area (Å²) in [7, 11) is 4.49. The van der Waals surface area contributed by atoms with Crippen LogP contribution in [0, 0.1) is 0 Å². The summed E-state index contributed by atoms with van der Waals surface area (Å²) >= 11 is 0. The molecule has 0 bridgehead atoms. The molecule has 0 unspecified atom stereocenters. The number of ketones is 1. The predicted octanol–water partition coefficient (Wildman–Crippen LogP) is 3.73. The SMILES string of the molecule is COc1ccc(C(O)=C2C(=O)C(=O)N(c3ccccn3)[C@H]2c2cccc(OC)c2OC)cc1. The quantitative estimate of drug-likeness (QED) is 0.350. The second-order valence-electron chi connectivity index (χ2n) is 7.17. The third-order valence-corrected chi connectivity index (χ3v) is 5.43. The van der Waals surface area contributed by atoms with Gasteiger partial charge in [0.1, 0.15) is 23.4 Å². The van der Waals surface area contributed by atoms with Gasteiger partial charge in [-0.05, 0) is 42.5 Å². The van der Waals surface area contributed by atoms with Crippen molar-refractivity contribution in [1.82, 2.24) is 4.98 Å². The maximum absolute atomic E-state index is 13.2. The normalized spacial score (nSPS) is 17.2. The number of benzene rings is 2. The zero-order chi connectivity index (χ0) is 23.5. The molecule has 0 aliphatic carbocycles. The third-order valence-electron chi connectivity index (χ3n) is 5.43. The number of aromatic nitrogens is 1. The second-order valence-corrected chi connectivity index (χ2v) is 7.17. The Morgan fingerprint density at radius 2 is 1.67 bits per heavy atom. The Morgan fingerprint density at radius 1 is 0.909 bits per heavy atom. The highest BCUT2D eigenvalue weighted by molar-refractivity contribution is 6.51. The highest BCUT2D eigenvalue weighted by atomic mass is 16.5. The first-order valence-corrected chi connectivity index (χ1v) is 10.1. The second kappa shape index (κ2) is 9.04. The Morgan fingerprint density at radius 3 is 2.27 bits per heavy atom. The zero-order valence-electron chi connectivity index (χ0n) is 18.3. The van der Waals surface area contributed by atoms with Gasteiger partial charge in [0.2, 0.25) is 0 Å². The summed E-state index contributed by atoms with van der Waals surface area (Å²) < 4.78 is 16.2. The maximum Gasteiger partial charge on any atom is 0.301 e. The highest BCUT2D eigenvalue weighted by Gasteiger charge is 2.48. The van der Waals surface area contributed by atoms with Crippen molar-refractivity contribution >= 4 is 23.3 Å². The summed E-state index contributed by atoms with van der Waals surface area (Å²) in [5.74, 6) is -0.332. The molecule has 168 valence electrons. The molecular formula is C25H22N2O6. The first kappa shape index (κ1) is 21.9. The van der Waals surface area contributed by atoms with E-state index in [1.165, 1.54) is 32.4 Å². The highest BCUT2D eigenvalue weighted by Crippen LogP contribution is 2.46. The van der Waals surface area contributed by atoms with Crippen LogP contribution in [0.5, 0.6) is 17.2 Å². The lowest BCUT2D eigenvalue weighted by Gasteiger charge is -2.26. The first-order chi connectivity index (χ1) is 16.0. The van der Waals surface area contributed by atoms with Gasteiger partial charge in [-0.15, -0.1) is 0 Å². The minimum absolute atomic E-state index is 0.0811. The number of methoxy groups -OCH3 is 3. The van der Waals surface area contributed by atoms with Crippen molar-refractivity contribution in [3.05, 3.63) is 83.6 Å². The van der Waals surface area contributed by atoms with Crippen molar-refractivity contribution < 1.29 is 28.9 Å². The molecular weight excluding hydrogens is 424 g/mol. The lowest BCUT2D eigenvalue weighted by Crippen LogP contribution is -2.30. The Bertz CT molecular complexity index is 1220. The van der Waals surface area contributed by atoms with Crippen LogP contribution in [-0.4, -0.2) is 43.1 Å². The summed E-state index contributed by atoms with van der Waals surface area (Å²) in [6, 6.07) is 15.7. The Kier molecular flexibility index (Phi) is 5.99. The smallest absolute Gasteiger partial charge is 0.301 e. The lowest BCUT2D eigenvalue weighted by molar-refractivity contribution is -0.132. The van der Waals surface area contributed by atoms with E-state index in [0.717, 1.165) is 0 Å². The molecule has 1 saturated heterocycles. The van der Waals surface area contributed by atoms with E-state index in [1.807, 2.05) is 0 Å². The first-order valence-electron chi connectivity index (χ1n) is 10.1. The van der Waals surface area contributed by atoms with Crippen LogP contribution in [0.25, 0.3) is 5.76 Å². The number of Topliss-reactive ketones (excluding diaryl/α,β-unsaturated/α-hetero) is 1. The molecule has 8 heteroatoms. The van der Waals surface area contributed by atoms with Crippen LogP contribution in [0.3, 0.4) is 0 Å². The van der Waals surface area contributed by atoms with Crippen molar-refractivity contribution in [3.63, 3.8) is 0 Å². The molecule has 4 rings (SSSR count). The van der Waals surface area contributed by atoms with Crippen LogP contribution in [-0.2, 0) is 9.59 Å². The molecule has 3 aromatic rings. The van der Waals surface area contributed by atoms with Crippen LogP contribution >= 0.6 is 0 Å². The van der Waals surface area contributed by atoms with Gasteiger partial charge in [-0.2, -0.15) is 0 Å². The van der Waals surface area contributed by atoms with Crippen molar-refractivity contribution in [2.24, 2.45) is 0 Å². The number of aliphatic hydroxyl groups excluding tert-OH is 1. The number of ether oxygens (including phenoxy) is 3. The van der Waals surface area contributed by atoms with E-state index < -0.39 is 17.7 Å². The number of hydrogen-bond acceptors (Lipinski definition) is 7. The third kappa shape index (κ3) is 3.76. The van der Waals surface area contributed by atoms with Crippen LogP contribution in [0.4, 0.5) is 5.82 Å². The summed E-state index contributed by atoms with van der Waals surface area (Å²) in [5, 5.41) is 11.2. The zero-order valence-corrected chi connectivity index (χ0v) is 18.3. The van der Waals surface area contributed by atoms with Gasteiger partial charge in [0.15, 0.2) is 11.5 Å². The summed E-state index contributed by atoms with van der Waals surface area (Å²) in [5.41, 5.74) is 0.751. The van der Waals surface area contributed by atoms with Gasteiger partial charge in [-0.25, -0.2) is 4.98 Å². The number of anilines is 1. The molecule has 1 N–H and O–H groups in total. The minimum Gasteiger partial charge on any atom is -0.507 e. The number of nitrogens with zero attached hydrogens (tertiary/aromatic N) is 2. The fraction of sp³-hybridized carbons (Fsp3) is 0.160. The van der Waals surface area contributed by atoms with Gasteiger partial charge in [0, 0.05) is 17.3 Å². The van der Waals surface area contributed by atoms with E-state index in [1.54, 1.807) is 60.7 Å². The van der Waals surface area contributed by atoms with E-state index in [-0.39, 0.29) is 17.2 Å². The van der Waals surface area contributed by atoms with E-state index in [9.17, 15) is 14.7 Å². The Labute approximate surface area is 190 Å². The molecule has 8 nitrogen and oxygen atoms in total. The fourth-order valence-corrected chi connectivity index (χ4v) is 3.89. The number of pyridine rings is 1. The molecule has 0 radical (unpaired) electrons. The van der Waals surface area contributed by atoms with Crippen LogP contribution in [0.15, 0.2) is 72.4 Å². The van der Waals surface area contributed by atoms with Crippen molar-refractivity contribution in [2.75, 3.05) is 26.2 Å². The molecule has 1 aliphatic rings. The largest absolute Gasteiger partial charge is 0.507 e. The molecule has 1 atom stereocenters. The van der Waals surface area contributed by atoms with Gasteiger partial charge in [0.05, 0.1) is 26.9 Å². The number of carbonyl (C=O) groups is 2. The molecule has 2 heterocycles. The number of carbonyl (C=O) groups excluding carboxylic acids is 2. The average molecular weight is 446 g/mol. The van der Waals surface area contributed by atoms with Crippen LogP contribution in [0.2, 0.25) is 0 Å².